The van der Waals surface area contributed by atoms with Gasteiger partial charge in [0.05, 0.1) is 16.8 Å². The van der Waals surface area contributed by atoms with E-state index < -0.39 is 18.4 Å². The molecule has 1 N–H and O–H groups in total. The Hall–Kier alpha value is -3.35. The van der Waals surface area contributed by atoms with E-state index in [1.165, 1.54) is 0 Å². The Morgan fingerprint density at radius 2 is 1.71 bits per heavy atom. The summed E-state index contributed by atoms with van der Waals surface area (Å²) in [5, 5.41) is 2.75. The van der Waals surface area contributed by atoms with E-state index in [1.54, 1.807) is 42.5 Å². The summed E-state index contributed by atoms with van der Waals surface area (Å²) < 4.78 is 16.2. The van der Waals surface area contributed by atoms with Crippen LogP contribution in [0.2, 0.25) is 0 Å². The molecule has 0 atom stereocenters. The van der Waals surface area contributed by atoms with Crippen LogP contribution in [-0.4, -0.2) is 37.5 Å². The Balaban J connectivity index is 1.44. The fraction of sp³-hybridized carbons (Fsp3) is 0.286. The summed E-state index contributed by atoms with van der Waals surface area (Å²) >= 11 is 0. The van der Waals surface area contributed by atoms with Gasteiger partial charge in [0.2, 0.25) is 11.7 Å². The van der Waals surface area contributed by atoms with E-state index in [-0.39, 0.29) is 17.4 Å². The molecule has 28 heavy (non-hydrogen) atoms. The molecule has 0 aromatic heterocycles. The third-order valence-electron chi connectivity index (χ3n) is 4.55. The number of rotatable bonds is 6. The highest BCUT2D eigenvalue weighted by Crippen LogP contribution is 2.34. The van der Waals surface area contributed by atoms with Gasteiger partial charge in [-0.3, -0.25) is 9.59 Å². The molecule has 0 bridgehead atoms. The predicted molar refractivity (Wildman–Crippen MR) is 99.8 cm³/mol. The summed E-state index contributed by atoms with van der Waals surface area (Å²) in [6.45, 7) is 0.331. The van der Waals surface area contributed by atoms with E-state index in [2.05, 4.69) is 5.32 Å². The number of hydrogen-bond donors (Lipinski definition) is 1. The summed E-state index contributed by atoms with van der Waals surface area (Å²) in [5.74, 6) is -0.304. The van der Waals surface area contributed by atoms with Crippen LogP contribution in [-0.2, 0) is 9.53 Å². The van der Waals surface area contributed by atoms with Gasteiger partial charge in [-0.15, -0.1) is 0 Å². The van der Waals surface area contributed by atoms with E-state index in [1.807, 2.05) is 0 Å². The van der Waals surface area contributed by atoms with Crippen molar-refractivity contribution < 1.29 is 28.6 Å². The molecule has 0 unspecified atom stereocenters. The van der Waals surface area contributed by atoms with Crippen molar-refractivity contribution in [1.29, 1.82) is 0 Å². The minimum Gasteiger partial charge on any atom is -0.486 e. The van der Waals surface area contributed by atoms with E-state index in [0.717, 1.165) is 12.8 Å². The molecule has 1 saturated carbocycles. The van der Waals surface area contributed by atoms with Crippen molar-refractivity contribution in [3.05, 3.63) is 53.6 Å². The minimum absolute atomic E-state index is 0.0112. The molecule has 144 valence electrons. The number of hydrogen-bond acceptors (Lipinski definition) is 6. The molecule has 2 aromatic carbocycles. The van der Waals surface area contributed by atoms with Crippen LogP contribution in [0.5, 0.6) is 11.5 Å². The number of carbonyl (C=O) groups excluding carboxylic acids is 3. The molecule has 7 nitrogen and oxygen atoms in total. The van der Waals surface area contributed by atoms with Gasteiger partial charge in [-0.25, -0.2) is 4.79 Å². The molecule has 0 spiro atoms. The highest BCUT2D eigenvalue weighted by atomic mass is 16.6. The summed E-state index contributed by atoms with van der Waals surface area (Å²) in [5.41, 5.74) is 0.893. The molecule has 1 amide bonds. The van der Waals surface area contributed by atoms with Gasteiger partial charge in [-0.1, -0.05) is 18.2 Å². The normalized spacial score (nSPS) is 14.9. The number of amides is 1. The number of carbonyl (C=O) groups is 3. The zero-order chi connectivity index (χ0) is 19.5. The second-order valence-corrected chi connectivity index (χ2v) is 6.64. The molecule has 1 aliphatic carbocycles. The lowest BCUT2D eigenvalue weighted by Crippen LogP contribution is -2.21. The van der Waals surface area contributed by atoms with E-state index in [9.17, 15) is 14.4 Å². The summed E-state index contributed by atoms with van der Waals surface area (Å²) in [4.78, 5) is 37.0. The van der Waals surface area contributed by atoms with Crippen molar-refractivity contribution in [2.45, 2.75) is 12.8 Å². The van der Waals surface area contributed by atoms with E-state index in [4.69, 9.17) is 14.2 Å². The monoisotopic (exact) mass is 381 g/mol. The van der Waals surface area contributed by atoms with Gasteiger partial charge in [0, 0.05) is 5.92 Å². The Bertz CT molecular complexity index is 934. The van der Waals surface area contributed by atoms with E-state index in [0.29, 0.717) is 36.0 Å². The van der Waals surface area contributed by atoms with Crippen molar-refractivity contribution in [2.24, 2.45) is 5.92 Å². The van der Waals surface area contributed by atoms with Crippen molar-refractivity contribution in [2.75, 3.05) is 25.1 Å². The van der Waals surface area contributed by atoms with Crippen molar-refractivity contribution in [3.63, 3.8) is 0 Å². The molecule has 1 heterocycles. The maximum absolute atomic E-state index is 12.5. The van der Waals surface area contributed by atoms with Crippen LogP contribution in [0.3, 0.4) is 0 Å². The molecule has 1 fully saturated rings. The van der Waals surface area contributed by atoms with Crippen LogP contribution in [0.25, 0.3) is 0 Å². The summed E-state index contributed by atoms with van der Waals surface area (Å²) in [6, 6.07) is 11.6. The van der Waals surface area contributed by atoms with Crippen molar-refractivity contribution >= 4 is 23.3 Å². The number of Topliss-reactive ketones (excluding diaryl/α,β-unsaturated/α-hetero) is 1. The smallest absolute Gasteiger partial charge is 0.340 e. The van der Waals surface area contributed by atoms with Crippen molar-refractivity contribution in [3.8, 4) is 11.5 Å². The third kappa shape index (κ3) is 3.83. The highest BCUT2D eigenvalue weighted by molar-refractivity contribution is 6.05. The Morgan fingerprint density at radius 1 is 0.964 bits per heavy atom. The van der Waals surface area contributed by atoms with Gasteiger partial charge in [0.1, 0.15) is 13.2 Å². The topological polar surface area (TPSA) is 90.9 Å². The van der Waals surface area contributed by atoms with Gasteiger partial charge < -0.3 is 19.5 Å². The lowest BCUT2D eigenvalue weighted by atomic mass is 10.1. The molecule has 4 rings (SSSR count). The number of benzene rings is 2. The first kappa shape index (κ1) is 18.0. The van der Waals surface area contributed by atoms with Gasteiger partial charge in [-0.2, -0.15) is 0 Å². The van der Waals surface area contributed by atoms with Crippen LogP contribution in [0.1, 0.15) is 33.6 Å². The van der Waals surface area contributed by atoms with Gasteiger partial charge in [-0.05, 0) is 37.1 Å². The Kier molecular flexibility index (Phi) is 4.97. The first-order valence-electron chi connectivity index (χ1n) is 9.12. The number of anilines is 1. The van der Waals surface area contributed by atoms with Gasteiger partial charge in [0.15, 0.2) is 18.1 Å². The molecule has 2 aromatic rings. The summed E-state index contributed by atoms with van der Waals surface area (Å²) in [6.07, 6.45) is 1.72. The fourth-order valence-electron chi connectivity index (χ4n) is 2.93. The SMILES string of the molecule is O=C(OCC(=O)c1cccc2c1OCCO2)c1ccccc1NC(=O)C1CC1. The second kappa shape index (κ2) is 7.72. The fourth-order valence-corrected chi connectivity index (χ4v) is 2.93. The highest BCUT2D eigenvalue weighted by Gasteiger charge is 2.30. The summed E-state index contributed by atoms with van der Waals surface area (Å²) in [7, 11) is 0. The quantitative estimate of drug-likeness (QED) is 0.611. The lowest BCUT2D eigenvalue weighted by molar-refractivity contribution is -0.117. The molecule has 7 heteroatoms. The Labute approximate surface area is 161 Å². The average Bonchev–Trinajstić information content (AvgIpc) is 3.57. The minimum atomic E-state index is -0.679. The number of nitrogens with one attached hydrogen (secondary N) is 1. The lowest BCUT2D eigenvalue weighted by Gasteiger charge is -2.20. The zero-order valence-corrected chi connectivity index (χ0v) is 15.1. The third-order valence-corrected chi connectivity index (χ3v) is 4.55. The van der Waals surface area contributed by atoms with Crippen LogP contribution in [0.4, 0.5) is 5.69 Å². The molecule has 0 radical (unpaired) electrons. The first-order chi connectivity index (χ1) is 13.6. The molecule has 1 aliphatic heterocycles. The largest absolute Gasteiger partial charge is 0.486 e. The van der Waals surface area contributed by atoms with Gasteiger partial charge in [0.25, 0.3) is 0 Å². The number of esters is 1. The molecule has 0 saturated heterocycles. The van der Waals surface area contributed by atoms with E-state index >= 15 is 0 Å². The Morgan fingerprint density at radius 3 is 2.54 bits per heavy atom. The molecular weight excluding hydrogens is 362 g/mol. The predicted octanol–water partition coefficient (Wildman–Crippen LogP) is 2.85. The van der Waals surface area contributed by atoms with Crippen LogP contribution >= 0.6 is 0 Å². The maximum atomic E-state index is 12.5. The standard InChI is InChI=1S/C21H19NO6/c23-17(15-5-3-7-18-19(15)27-11-10-26-18)12-28-21(25)14-4-1-2-6-16(14)22-20(24)13-8-9-13/h1-7,13H,8-12H2,(H,22,24). The zero-order valence-electron chi connectivity index (χ0n) is 15.1. The van der Waals surface area contributed by atoms with Crippen LogP contribution < -0.4 is 14.8 Å². The number of fused-ring (bicyclic) bond motifs is 1. The van der Waals surface area contributed by atoms with Crippen LogP contribution in [0, 0.1) is 5.92 Å². The van der Waals surface area contributed by atoms with Crippen LogP contribution in [0.15, 0.2) is 42.5 Å². The number of ether oxygens (including phenoxy) is 3. The van der Waals surface area contributed by atoms with Crippen molar-refractivity contribution in [1.82, 2.24) is 0 Å². The maximum Gasteiger partial charge on any atom is 0.340 e. The number of ketones is 1. The second-order valence-electron chi connectivity index (χ2n) is 6.64. The molecule has 2 aliphatic rings. The van der Waals surface area contributed by atoms with Gasteiger partial charge >= 0.3 is 5.97 Å². The first-order valence-corrected chi connectivity index (χ1v) is 9.12. The number of para-hydroxylation sites is 2. The average molecular weight is 381 g/mol. The molecular formula is C21H19NO6.